The van der Waals surface area contributed by atoms with Crippen molar-refractivity contribution in [1.29, 1.82) is 5.41 Å². The van der Waals surface area contributed by atoms with Gasteiger partial charge in [0.05, 0.1) is 13.2 Å². The van der Waals surface area contributed by atoms with Gasteiger partial charge in [0.1, 0.15) is 17.1 Å². The van der Waals surface area contributed by atoms with Gasteiger partial charge < -0.3 is 14.7 Å². The summed E-state index contributed by atoms with van der Waals surface area (Å²) < 4.78 is 7.23. The first-order valence-corrected chi connectivity index (χ1v) is 9.41. The number of aromatic nitrogens is 2. The minimum atomic E-state index is -0.693. The summed E-state index contributed by atoms with van der Waals surface area (Å²) in [6, 6.07) is 14.1. The zero-order valence-electron chi connectivity index (χ0n) is 16.9. The molecule has 1 atom stereocenters. The van der Waals surface area contributed by atoms with E-state index in [1.165, 1.54) is 14.1 Å². The summed E-state index contributed by atoms with van der Waals surface area (Å²) in [6.07, 6.45) is 0. The number of aromatic hydroxyl groups is 1. The van der Waals surface area contributed by atoms with Crippen molar-refractivity contribution in [1.82, 2.24) is 14.0 Å². The Morgan fingerprint density at radius 3 is 2.37 bits per heavy atom. The number of benzene rings is 2. The lowest BCUT2D eigenvalue weighted by molar-refractivity contribution is 0.333. The quantitative estimate of drug-likeness (QED) is 0.687. The molecule has 0 bridgehead atoms. The van der Waals surface area contributed by atoms with Crippen LogP contribution in [0.5, 0.6) is 11.6 Å². The number of ether oxygens (including phenoxy) is 1. The van der Waals surface area contributed by atoms with E-state index in [2.05, 4.69) is 0 Å². The van der Waals surface area contributed by atoms with E-state index < -0.39 is 23.2 Å². The fourth-order valence-corrected chi connectivity index (χ4v) is 3.91. The standard InChI is InChI=1S/C22H22N4O4/c1-24-20(27)17(21(28)25(2)22(24)29)18-15-6-4-5-7-16(15)19(23)26(18)12-13-8-10-14(30-3)11-9-13/h4-11,18,23,27H,12H2,1-3H3. The summed E-state index contributed by atoms with van der Waals surface area (Å²) in [5.74, 6) is 0.582. The molecule has 4 rings (SSSR count). The number of nitrogens with zero attached hydrogens (tertiary/aromatic N) is 3. The smallest absolute Gasteiger partial charge is 0.333 e. The third-order valence-electron chi connectivity index (χ3n) is 5.56. The summed E-state index contributed by atoms with van der Waals surface area (Å²) in [5, 5.41) is 19.5. The first-order chi connectivity index (χ1) is 14.3. The highest BCUT2D eigenvalue weighted by molar-refractivity contribution is 6.01. The Balaban J connectivity index is 1.90. The van der Waals surface area contributed by atoms with Gasteiger partial charge in [-0.3, -0.25) is 19.3 Å². The Morgan fingerprint density at radius 1 is 1.03 bits per heavy atom. The van der Waals surface area contributed by atoms with E-state index in [-0.39, 0.29) is 11.4 Å². The van der Waals surface area contributed by atoms with E-state index in [1.807, 2.05) is 48.5 Å². The molecule has 0 amide bonds. The molecular formula is C22H22N4O4. The van der Waals surface area contributed by atoms with Gasteiger partial charge >= 0.3 is 5.69 Å². The molecule has 8 nitrogen and oxygen atoms in total. The number of hydrogen-bond acceptors (Lipinski definition) is 5. The van der Waals surface area contributed by atoms with Crippen molar-refractivity contribution in [3.8, 4) is 11.6 Å². The lowest BCUT2D eigenvalue weighted by atomic mass is 9.99. The number of hydrogen-bond donors (Lipinski definition) is 2. The highest BCUT2D eigenvalue weighted by Crippen LogP contribution is 2.40. The maximum absolute atomic E-state index is 13.0. The minimum absolute atomic E-state index is 0.0720. The van der Waals surface area contributed by atoms with Crippen LogP contribution in [0.1, 0.15) is 28.3 Å². The second-order valence-corrected chi connectivity index (χ2v) is 7.26. The Labute approximate surface area is 172 Å². The van der Waals surface area contributed by atoms with Gasteiger partial charge in [-0.05, 0) is 23.3 Å². The predicted molar refractivity (Wildman–Crippen MR) is 112 cm³/mol. The third kappa shape index (κ3) is 2.88. The molecule has 1 unspecified atom stereocenters. The van der Waals surface area contributed by atoms with Crippen molar-refractivity contribution in [3.63, 3.8) is 0 Å². The van der Waals surface area contributed by atoms with Crippen LogP contribution in [0.4, 0.5) is 0 Å². The lowest BCUT2D eigenvalue weighted by Gasteiger charge is -2.28. The molecule has 30 heavy (non-hydrogen) atoms. The molecule has 0 aliphatic carbocycles. The van der Waals surface area contributed by atoms with E-state index in [0.29, 0.717) is 12.1 Å². The molecule has 8 heteroatoms. The van der Waals surface area contributed by atoms with Crippen molar-refractivity contribution < 1.29 is 9.84 Å². The number of amidine groups is 1. The second kappa shape index (κ2) is 7.22. The zero-order valence-corrected chi connectivity index (χ0v) is 16.9. The summed E-state index contributed by atoms with van der Waals surface area (Å²) >= 11 is 0. The van der Waals surface area contributed by atoms with Gasteiger partial charge in [-0.2, -0.15) is 0 Å². The Bertz CT molecular complexity index is 1260. The van der Waals surface area contributed by atoms with Crippen LogP contribution < -0.4 is 16.0 Å². The normalized spacial score (nSPS) is 15.4. The number of nitrogens with one attached hydrogen (secondary N) is 1. The molecule has 0 spiro atoms. The van der Waals surface area contributed by atoms with E-state index >= 15 is 0 Å². The van der Waals surface area contributed by atoms with Gasteiger partial charge in [-0.15, -0.1) is 0 Å². The van der Waals surface area contributed by atoms with Gasteiger partial charge in [-0.25, -0.2) is 4.79 Å². The molecule has 3 aromatic rings. The lowest BCUT2D eigenvalue weighted by Crippen LogP contribution is -2.41. The molecule has 1 aromatic heterocycles. The predicted octanol–water partition coefficient (Wildman–Crippen LogP) is 1.73. The summed E-state index contributed by atoms with van der Waals surface area (Å²) in [5.41, 5.74) is 1.23. The van der Waals surface area contributed by atoms with Crippen LogP contribution in [-0.4, -0.2) is 32.1 Å². The Kier molecular flexibility index (Phi) is 4.69. The van der Waals surface area contributed by atoms with E-state index in [9.17, 15) is 14.7 Å². The fraction of sp³-hybridized carbons (Fsp3) is 0.227. The molecule has 2 N–H and O–H groups in total. The third-order valence-corrected chi connectivity index (χ3v) is 5.56. The molecular weight excluding hydrogens is 384 g/mol. The average Bonchev–Trinajstić information content (AvgIpc) is 3.03. The highest BCUT2D eigenvalue weighted by Gasteiger charge is 2.39. The Hall–Kier alpha value is -3.81. The second-order valence-electron chi connectivity index (χ2n) is 7.26. The molecule has 1 aliphatic heterocycles. The van der Waals surface area contributed by atoms with Crippen molar-refractivity contribution in [2.75, 3.05) is 7.11 Å². The van der Waals surface area contributed by atoms with Gasteiger partial charge in [0, 0.05) is 26.2 Å². The first kappa shape index (κ1) is 19.5. The van der Waals surface area contributed by atoms with Crippen LogP contribution in [0.3, 0.4) is 0 Å². The molecule has 0 fully saturated rings. The molecule has 154 valence electrons. The average molecular weight is 406 g/mol. The molecule has 2 aromatic carbocycles. The van der Waals surface area contributed by atoms with Crippen LogP contribution in [0, 0.1) is 5.41 Å². The fourth-order valence-electron chi connectivity index (χ4n) is 3.91. The van der Waals surface area contributed by atoms with Crippen molar-refractivity contribution >= 4 is 5.84 Å². The largest absolute Gasteiger partial charge is 0.497 e. The minimum Gasteiger partial charge on any atom is -0.497 e. The molecule has 2 heterocycles. The maximum atomic E-state index is 13.0. The van der Waals surface area contributed by atoms with E-state index in [0.717, 1.165) is 26.0 Å². The van der Waals surface area contributed by atoms with Crippen molar-refractivity contribution in [3.05, 3.63) is 91.6 Å². The summed E-state index contributed by atoms with van der Waals surface area (Å²) in [6.45, 7) is 0.341. The van der Waals surface area contributed by atoms with Crippen LogP contribution in [0.15, 0.2) is 58.1 Å². The first-order valence-electron chi connectivity index (χ1n) is 9.41. The molecule has 0 saturated carbocycles. The van der Waals surface area contributed by atoms with Gasteiger partial charge in [0.25, 0.3) is 5.56 Å². The molecule has 0 radical (unpaired) electrons. The number of methoxy groups -OCH3 is 1. The highest BCUT2D eigenvalue weighted by atomic mass is 16.5. The Morgan fingerprint density at radius 2 is 1.70 bits per heavy atom. The van der Waals surface area contributed by atoms with Crippen LogP contribution in [0.25, 0.3) is 0 Å². The van der Waals surface area contributed by atoms with E-state index in [1.54, 1.807) is 12.0 Å². The van der Waals surface area contributed by atoms with Crippen LogP contribution in [-0.2, 0) is 20.6 Å². The topological polar surface area (TPSA) is 101 Å². The van der Waals surface area contributed by atoms with Crippen molar-refractivity contribution in [2.24, 2.45) is 14.1 Å². The van der Waals surface area contributed by atoms with Gasteiger partial charge in [0.15, 0.2) is 0 Å². The van der Waals surface area contributed by atoms with Crippen LogP contribution >= 0.6 is 0 Å². The number of fused-ring (bicyclic) bond motifs is 1. The zero-order chi connectivity index (χ0) is 21.6. The SMILES string of the molecule is COc1ccc(CN2C(=N)c3ccccc3C2c2c(O)n(C)c(=O)n(C)c2=O)cc1. The number of rotatable bonds is 4. The molecule has 1 aliphatic rings. The van der Waals surface area contributed by atoms with E-state index in [4.69, 9.17) is 10.1 Å². The summed E-state index contributed by atoms with van der Waals surface area (Å²) in [7, 11) is 4.39. The summed E-state index contributed by atoms with van der Waals surface area (Å²) in [4.78, 5) is 27.0. The van der Waals surface area contributed by atoms with Crippen molar-refractivity contribution in [2.45, 2.75) is 12.6 Å². The monoisotopic (exact) mass is 406 g/mol. The maximum Gasteiger partial charge on any atom is 0.333 e. The van der Waals surface area contributed by atoms with Gasteiger partial charge in [-0.1, -0.05) is 36.4 Å². The molecule has 0 saturated heterocycles. The van der Waals surface area contributed by atoms with Gasteiger partial charge in [0.2, 0.25) is 5.88 Å². The van der Waals surface area contributed by atoms with Crippen LogP contribution in [0.2, 0.25) is 0 Å².